The Balaban J connectivity index is 2.58. The number of nitrogens with one attached hydrogen (secondary N) is 1. The van der Waals surface area contributed by atoms with Crippen LogP contribution in [0.5, 0.6) is 5.75 Å². The topological polar surface area (TPSA) is 62.3 Å². The van der Waals surface area contributed by atoms with Gasteiger partial charge in [0.1, 0.15) is 0 Å². The van der Waals surface area contributed by atoms with Crippen LogP contribution >= 0.6 is 11.6 Å². The monoisotopic (exact) mass is 267 g/mol. The van der Waals surface area contributed by atoms with Gasteiger partial charge in [0.15, 0.2) is 5.75 Å². The molecule has 1 aromatic carbocycles. The standard InChI is InChI=1S/C13H14ClNO3/c1-7(2)5-8-6-10(18-13(16)17)11(14)9-3-4-15-12(8)9/h3-4,6-7,15H,5H2,1-2H3,(H,16,17). The van der Waals surface area contributed by atoms with Crippen LogP contribution < -0.4 is 4.74 Å². The van der Waals surface area contributed by atoms with E-state index in [1.54, 1.807) is 12.3 Å². The summed E-state index contributed by atoms with van der Waals surface area (Å²) >= 11 is 6.13. The Morgan fingerprint density at radius 3 is 2.89 bits per heavy atom. The van der Waals surface area contributed by atoms with E-state index >= 15 is 0 Å². The Morgan fingerprint density at radius 2 is 2.28 bits per heavy atom. The molecule has 0 amide bonds. The van der Waals surface area contributed by atoms with Gasteiger partial charge in [-0.15, -0.1) is 0 Å². The molecule has 18 heavy (non-hydrogen) atoms. The zero-order valence-corrected chi connectivity index (χ0v) is 10.9. The van der Waals surface area contributed by atoms with Crippen molar-refractivity contribution >= 4 is 28.7 Å². The molecular formula is C13H14ClNO3. The van der Waals surface area contributed by atoms with Crippen LogP contribution in [-0.2, 0) is 6.42 Å². The first kappa shape index (κ1) is 12.8. The van der Waals surface area contributed by atoms with Crippen molar-refractivity contribution in [1.82, 2.24) is 4.98 Å². The summed E-state index contributed by atoms with van der Waals surface area (Å²) in [6, 6.07) is 3.51. The van der Waals surface area contributed by atoms with Crippen LogP contribution in [0.3, 0.4) is 0 Å². The highest BCUT2D eigenvalue weighted by Crippen LogP contribution is 2.35. The first-order valence-electron chi connectivity index (χ1n) is 5.68. The highest BCUT2D eigenvalue weighted by atomic mass is 35.5. The lowest BCUT2D eigenvalue weighted by Crippen LogP contribution is -2.05. The molecule has 0 atom stereocenters. The van der Waals surface area contributed by atoms with Gasteiger partial charge >= 0.3 is 6.16 Å². The average Bonchev–Trinajstić information content (AvgIpc) is 2.72. The van der Waals surface area contributed by atoms with Gasteiger partial charge in [-0.2, -0.15) is 0 Å². The van der Waals surface area contributed by atoms with Gasteiger partial charge in [0, 0.05) is 11.6 Å². The summed E-state index contributed by atoms with van der Waals surface area (Å²) in [4.78, 5) is 13.8. The first-order chi connectivity index (χ1) is 8.49. The summed E-state index contributed by atoms with van der Waals surface area (Å²) in [5, 5.41) is 9.80. The molecule has 2 N–H and O–H groups in total. The highest BCUT2D eigenvalue weighted by Gasteiger charge is 2.15. The quantitative estimate of drug-likeness (QED) is 0.651. The predicted molar refractivity (Wildman–Crippen MR) is 70.5 cm³/mol. The molecule has 5 heteroatoms. The van der Waals surface area contributed by atoms with E-state index in [0.29, 0.717) is 10.9 Å². The predicted octanol–water partition coefficient (Wildman–Crippen LogP) is 4.08. The second kappa shape index (κ2) is 4.90. The Bertz CT molecular complexity index is 589. The van der Waals surface area contributed by atoms with Crippen molar-refractivity contribution in [3.8, 4) is 5.75 Å². The van der Waals surface area contributed by atoms with Gasteiger partial charge in [-0.3, -0.25) is 0 Å². The van der Waals surface area contributed by atoms with Crippen molar-refractivity contribution in [2.75, 3.05) is 0 Å². The number of carbonyl (C=O) groups is 1. The van der Waals surface area contributed by atoms with Crippen LogP contribution in [0.1, 0.15) is 19.4 Å². The van der Waals surface area contributed by atoms with E-state index in [4.69, 9.17) is 21.4 Å². The van der Waals surface area contributed by atoms with Gasteiger partial charge in [0.2, 0.25) is 0 Å². The molecule has 2 aromatic rings. The molecule has 0 bridgehead atoms. The second-order valence-corrected chi connectivity index (χ2v) is 4.96. The molecular weight excluding hydrogens is 254 g/mol. The number of fused-ring (bicyclic) bond motifs is 1. The van der Waals surface area contributed by atoms with Crippen molar-refractivity contribution in [3.05, 3.63) is 28.9 Å². The molecule has 0 saturated heterocycles. The van der Waals surface area contributed by atoms with E-state index in [1.807, 2.05) is 6.07 Å². The molecule has 96 valence electrons. The fourth-order valence-corrected chi connectivity index (χ4v) is 2.26. The van der Waals surface area contributed by atoms with E-state index in [9.17, 15) is 4.79 Å². The molecule has 1 heterocycles. The number of hydrogen-bond acceptors (Lipinski definition) is 2. The lowest BCUT2D eigenvalue weighted by Gasteiger charge is -2.11. The molecule has 0 aliphatic rings. The Morgan fingerprint density at radius 1 is 1.56 bits per heavy atom. The molecule has 4 nitrogen and oxygen atoms in total. The summed E-state index contributed by atoms with van der Waals surface area (Å²) in [6.45, 7) is 4.20. The number of aromatic amines is 1. The maximum absolute atomic E-state index is 10.6. The van der Waals surface area contributed by atoms with E-state index in [0.717, 1.165) is 22.9 Å². The van der Waals surface area contributed by atoms with Crippen LogP contribution in [0, 0.1) is 5.92 Å². The SMILES string of the molecule is CC(C)Cc1cc(OC(=O)O)c(Cl)c2cc[nH]c12. The fourth-order valence-electron chi connectivity index (χ4n) is 2.01. The minimum atomic E-state index is -1.36. The molecule has 0 radical (unpaired) electrons. The first-order valence-corrected chi connectivity index (χ1v) is 6.06. The third-order valence-electron chi connectivity index (χ3n) is 2.65. The van der Waals surface area contributed by atoms with Crippen molar-refractivity contribution in [2.24, 2.45) is 5.92 Å². The van der Waals surface area contributed by atoms with Crippen molar-refractivity contribution < 1.29 is 14.6 Å². The number of rotatable bonds is 3. The summed E-state index contributed by atoms with van der Waals surface area (Å²) < 4.78 is 4.72. The number of aromatic nitrogens is 1. The van der Waals surface area contributed by atoms with E-state index < -0.39 is 6.16 Å². The Labute approximate surface area is 110 Å². The lowest BCUT2D eigenvalue weighted by atomic mass is 10.0. The van der Waals surface area contributed by atoms with Crippen LogP contribution in [0.25, 0.3) is 10.9 Å². The van der Waals surface area contributed by atoms with Crippen LogP contribution in [0.2, 0.25) is 5.02 Å². The third kappa shape index (κ3) is 2.43. The molecule has 0 saturated carbocycles. The maximum atomic E-state index is 10.6. The summed E-state index contributed by atoms with van der Waals surface area (Å²) in [5.41, 5.74) is 1.94. The molecule has 2 rings (SSSR count). The smallest absolute Gasteiger partial charge is 0.449 e. The van der Waals surface area contributed by atoms with Crippen LogP contribution in [-0.4, -0.2) is 16.2 Å². The molecule has 1 aromatic heterocycles. The minimum Gasteiger partial charge on any atom is -0.449 e. The van der Waals surface area contributed by atoms with Crippen LogP contribution in [0.4, 0.5) is 4.79 Å². The van der Waals surface area contributed by atoms with Gasteiger partial charge in [0.05, 0.1) is 10.5 Å². The second-order valence-electron chi connectivity index (χ2n) is 4.58. The zero-order valence-electron chi connectivity index (χ0n) is 10.2. The zero-order chi connectivity index (χ0) is 13.3. The van der Waals surface area contributed by atoms with E-state index in [-0.39, 0.29) is 5.75 Å². The maximum Gasteiger partial charge on any atom is 0.511 e. The lowest BCUT2D eigenvalue weighted by molar-refractivity contribution is 0.144. The van der Waals surface area contributed by atoms with Gasteiger partial charge < -0.3 is 14.8 Å². The van der Waals surface area contributed by atoms with E-state index in [1.165, 1.54) is 0 Å². The summed E-state index contributed by atoms with van der Waals surface area (Å²) in [5.74, 6) is 0.641. The minimum absolute atomic E-state index is 0.187. The third-order valence-corrected chi connectivity index (χ3v) is 3.04. The number of ether oxygens (including phenoxy) is 1. The number of benzene rings is 1. The van der Waals surface area contributed by atoms with Gasteiger partial charge in [-0.1, -0.05) is 25.4 Å². The van der Waals surface area contributed by atoms with Crippen molar-refractivity contribution in [3.63, 3.8) is 0 Å². The van der Waals surface area contributed by atoms with E-state index in [2.05, 4.69) is 18.8 Å². The normalized spacial score (nSPS) is 11.1. The highest BCUT2D eigenvalue weighted by molar-refractivity contribution is 6.37. The molecule has 0 aliphatic heterocycles. The van der Waals surface area contributed by atoms with Crippen LogP contribution in [0.15, 0.2) is 18.3 Å². The largest absolute Gasteiger partial charge is 0.511 e. The summed E-state index contributed by atoms with van der Waals surface area (Å²) in [7, 11) is 0. The Hall–Kier alpha value is -1.68. The number of halogens is 1. The molecule has 0 fully saturated rings. The van der Waals surface area contributed by atoms with Gasteiger partial charge in [0.25, 0.3) is 0 Å². The van der Waals surface area contributed by atoms with Gasteiger partial charge in [-0.25, -0.2) is 4.79 Å². The summed E-state index contributed by atoms with van der Waals surface area (Å²) in [6.07, 6.45) is 1.25. The Kier molecular flexibility index (Phi) is 3.48. The average molecular weight is 268 g/mol. The van der Waals surface area contributed by atoms with Crippen molar-refractivity contribution in [2.45, 2.75) is 20.3 Å². The fraction of sp³-hybridized carbons (Fsp3) is 0.308. The molecule has 0 spiro atoms. The number of H-pyrrole nitrogens is 1. The molecule has 0 aliphatic carbocycles. The van der Waals surface area contributed by atoms with Crippen molar-refractivity contribution in [1.29, 1.82) is 0 Å². The van der Waals surface area contributed by atoms with Gasteiger partial charge in [-0.05, 0) is 30.0 Å². The molecule has 0 unspecified atom stereocenters. The number of carboxylic acid groups (broad SMARTS) is 1. The number of hydrogen-bond donors (Lipinski definition) is 2.